The van der Waals surface area contributed by atoms with Crippen molar-refractivity contribution in [1.29, 1.82) is 0 Å². The topological polar surface area (TPSA) is 70.2 Å². The lowest BCUT2D eigenvalue weighted by molar-refractivity contribution is -0.120. The fourth-order valence-electron chi connectivity index (χ4n) is 2.95. The maximum atomic E-state index is 12.3. The Labute approximate surface area is 160 Å². The van der Waals surface area contributed by atoms with Crippen LogP contribution in [0.3, 0.4) is 0 Å². The molecule has 0 aromatic heterocycles. The first kappa shape index (κ1) is 19.9. The third-order valence-electron chi connectivity index (χ3n) is 4.40. The molecule has 1 fully saturated rings. The Balaban J connectivity index is 0.00000243. The van der Waals surface area contributed by atoms with Crippen molar-refractivity contribution in [3.8, 4) is 0 Å². The van der Waals surface area contributed by atoms with Crippen molar-refractivity contribution >= 4 is 29.9 Å². The molecular formula is C20H24ClN3O2. The second kappa shape index (κ2) is 9.94. The molecule has 0 unspecified atom stereocenters. The molecule has 0 radical (unpaired) electrons. The summed E-state index contributed by atoms with van der Waals surface area (Å²) in [6.45, 7) is 2.23. The summed E-state index contributed by atoms with van der Waals surface area (Å²) in [5, 5.41) is 9.09. The summed E-state index contributed by atoms with van der Waals surface area (Å²) in [5.41, 5.74) is 2.25. The van der Waals surface area contributed by atoms with Gasteiger partial charge in [0.05, 0.1) is 0 Å². The summed E-state index contributed by atoms with van der Waals surface area (Å²) in [7, 11) is 0. The molecule has 1 aliphatic rings. The third-order valence-corrected chi connectivity index (χ3v) is 4.40. The Morgan fingerprint density at radius 1 is 1.00 bits per heavy atom. The van der Waals surface area contributed by atoms with Crippen molar-refractivity contribution in [3.63, 3.8) is 0 Å². The number of anilines is 1. The van der Waals surface area contributed by atoms with Crippen molar-refractivity contribution in [2.24, 2.45) is 5.92 Å². The van der Waals surface area contributed by atoms with Gasteiger partial charge in [0.15, 0.2) is 0 Å². The number of carbonyl (C=O) groups is 2. The van der Waals surface area contributed by atoms with Crippen molar-refractivity contribution < 1.29 is 9.59 Å². The normalized spacial score (nSPS) is 14.2. The van der Waals surface area contributed by atoms with Crippen LogP contribution in [0.25, 0.3) is 0 Å². The lowest BCUT2D eigenvalue weighted by Crippen LogP contribution is -2.34. The van der Waals surface area contributed by atoms with Gasteiger partial charge in [0.2, 0.25) is 5.91 Å². The molecule has 3 N–H and O–H groups in total. The van der Waals surface area contributed by atoms with E-state index >= 15 is 0 Å². The second-order valence-electron chi connectivity index (χ2n) is 6.26. The lowest BCUT2D eigenvalue weighted by atomic mass is 9.97. The number of carbonyl (C=O) groups excluding carboxylic acids is 2. The number of rotatable bonds is 5. The highest BCUT2D eigenvalue weighted by Gasteiger charge is 2.21. The van der Waals surface area contributed by atoms with E-state index in [0.717, 1.165) is 31.5 Å². The predicted molar refractivity (Wildman–Crippen MR) is 106 cm³/mol. The van der Waals surface area contributed by atoms with E-state index in [1.54, 1.807) is 18.2 Å². The molecule has 0 aliphatic carbocycles. The van der Waals surface area contributed by atoms with E-state index in [9.17, 15) is 9.59 Å². The van der Waals surface area contributed by atoms with E-state index in [2.05, 4.69) is 16.0 Å². The molecule has 2 aromatic carbocycles. The summed E-state index contributed by atoms with van der Waals surface area (Å²) in [5.74, 6) is -0.0815. The van der Waals surface area contributed by atoms with E-state index < -0.39 is 0 Å². The van der Waals surface area contributed by atoms with Crippen LogP contribution in [0.5, 0.6) is 0 Å². The molecule has 6 heteroatoms. The SMILES string of the molecule is Cl.O=C(NCc1ccccc1)c1cccc(NC(=O)C2CCNCC2)c1. The highest BCUT2D eigenvalue weighted by Crippen LogP contribution is 2.16. The molecule has 0 saturated carbocycles. The summed E-state index contributed by atoms with van der Waals surface area (Å²) in [6.07, 6.45) is 1.70. The minimum absolute atomic E-state index is 0. The summed E-state index contributed by atoms with van der Waals surface area (Å²) in [6, 6.07) is 16.8. The maximum Gasteiger partial charge on any atom is 0.251 e. The molecule has 1 saturated heterocycles. The van der Waals surface area contributed by atoms with Crippen LogP contribution in [0.15, 0.2) is 54.6 Å². The van der Waals surface area contributed by atoms with Gasteiger partial charge in [-0.2, -0.15) is 0 Å². The van der Waals surface area contributed by atoms with Crippen LogP contribution in [0.2, 0.25) is 0 Å². The number of benzene rings is 2. The van der Waals surface area contributed by atoms with E-state index in [4.69, 9.17) is 0 Å². The average Bonchev–Trinajstić information content (AvgIpc) is 2.68. The van der Waals surface area contributed by atoms with E-state index in [0.29, 0.717) is 17.8 Å². The molecule has 0 bridgehead atoms. The second-order valence-corrected chi connectivity index (χ2v) is 6.26. The first-order valence-corrected chi connectivity index (χ1v) is 8.66. The molecule has 0 spiro atoms. The summed E-state index contributed by atoms with van der Waals surface area (Å²) < 4.78 is 0. The molecule has 2 amide bonds. The number of piperidine rings is 1. The quantitative estimate of drug-likeness (QED) is 0.754. The van der Waals surface area contributed by atoms with Crippen LogP contribution in [0.4, 0.5) is 5.69 Å². The lowest BCUT2D eigenvalue weighted by Gasteiger charge is -2.21. The molecule has 1 heterocycles. The predicted octanol–water partition coefficient (Wildman–Crippen LogP) is 2.98. The Kier molecular flexibility index (Phi) is 7.63. The fourth-order valence-corrected chi connectivity index (χ4v) is 2.95. The van der Waals surface area contributed by atoms with Gasteiger partial charge in [-0.25, -0.2) is 0 Å². The highest BCUT2D eigenvalue weighted by atomic mass is 35.5. The first-order chi connectivity index (χ1) is 12.2. The van der Waals surface area contributed by atoms with Crippen LogP contribution in [0.1, 0.15) is 28.8 Å². The van der Waals surface area contributed by atoms with Gasteiger partial charge in [0.1, 0.15) is 0 Å². The molecule has 0 atom stereocenters. The van der Waals surface area contributed by atoms with Crippen molar-refractivity contribution in [3.05, 3.63) is 65.7 Å². The zero-order valence-corrected chi connectivity index (χ0v) is 15.4. The maximum absolute atomic E-state index is 12.3. The van der Waals surface area contributed by atoms with Crippen LogP contribution < -0.4 is 16.0 Å². The monoisotopic (exact) mass is 373 g/mol. The average molecular weight is 374 g/mol. The standard InChI is InChI=1S/C20H23N3O2.ClH/c24-19(22-14-15-5-2-1-3-6-15)17-7-4-8-18(13-17)23-20(25)16-9-11-21-12-10-16;/h1-8,13,16,21H,9-12,14H2,(H,22,24)(H,23,25);1H. The van der Waals surface area contributed by atoms with Crippen LogP contribution in [0, 0.1) is 5.92 Å². The minimum Gasteiger partial charge on any atom is -0.348 e. The van der Waals surface area contributed by atoms with Crippen LogP contribution in [-0.4, -0.2) is 24.9 Å². The largest absolute Gasteiger partial charge is 0.348 e. The smallest absolute Gasteiger partial charge is 0.251 e. The van der Waals surface area contributed by atoms with Gasteiger partial charge in [-0.1, -0.05) is 36.4 Å². The van der Waals surface area contributed by atoms with Gasteiger partial charge >= 0.3 is 0 Å². The van der Waals surface area contributed by atoms with E-state index in [-0.39, 0.29) is 30.1 Å². The zero-order chi connectivity index (χ0) is 17.5. The van der Waals surface area contributed by atoms with Crippen LogP contribution in [-0.2, 0) is 11.3 Å². The van der Waals surface area contributed by atoms with E-state index in [1.807, 2.05) is 36.4 Å². The Morgan fingerprint density at radius 2 is 1.73 bits per heavy atom. The fraction of sp³-hybridized carbons (Fsp3) is 0.300. The molecule has 138 valence electrons. The molecular weight excluding hydrogens is 350 g/mol. The van der Waals surface area contributed by atoms with E-state index in [1.165, 1.54) is 0 Å². The van der Waals surface area contributed by atoms with Gasteiger partial charge in [-0.15, -0.1) is 12.4 Å². The summed E-state index contributed by atoms with van der Waals surface area (Å²) >= 11 is 0. The summed E-state index contributed by atoms with van der Waals surface area (Å²) in [4.78, 5) is 24.6. The number of amides is 2. The highest BCUT2D eigenvalue weighted by molar-refractivity contribution is 5.97. The molecule has 26 heavy (non-hydrogen) atoms. The third kappa shape index (κ3) is 5.58. The molecule has 2 aromatic rings. The van der Waals surface area contributed by atoms with Gasteiger partial charge in [0.25, 0.3) is 5.91 Å². The van der Waals surface area contributed by atoms with Gasteiger partial charge < -0.3 is 16.0 Å². The first-order valence-electron chi connectivity index (χ1n) is 8.66. The Morgan fingerprint density at radius 3 is 2.46 bits per heavy atom. The number of nitrogens with one attached hydrogen (secondary N) is 3. The molecule has 1 aliphatic heterocycles. The number of hydrogen-bond acceptors (Lipinski definition) is 3. The van der Waals surface area contributed by atoms with Gasteiger partial charge in [-0.05, 0) is 49.7 Å². The van der Waals surface area contributed by atoms with Crippen molar-refractivity contribution in [2.75, 3.05) is 18.4 Å². The van der Waals surface area contributed by atoms with Crippen molar-refractivity contribution in [2.45, 2.75) is 19.4 Å². The van der Waals surface area contributed by atoms with Gasteiger partial charge in [-0.3, -0.25) is 9.59 Å². The minimum atomic E-state index is -0.151. The zero-order valence-electron chi connectivity index (χ0n) is 14.5. The number of halogens is 1. The Bertz CT molecular complexity index is 731. The van der Waals surface area contributed by atoms with Crippen molar-refractivity contribution in [1.82, 2.24) is 10.6 Å². The Hall–Kier alpha value is -2.37. The molecule has 3 rings (SSSR count). The van der Waals surface area contributed by atoms with Gasteiger partial charge in [0, 0.05) is 23.7 Å². The number of hydrogen-bond donors (Lipinski definition) is 3. The molecule has 5 nitrogen and oxygen atoms in total. The van der Waals surface area contributed by atoms with Crippen LogP contribution >= 0.6 is 12.4 Å².